The summed E-state index contributed by atoms with van der Waals surface area (Å²) < 4.78 is 13.3. The number of carbonyl (C=O) groups excluding carboxylic acids is 1. The third-order valence-electron chi connectivity index (χ3n) is 3.18. The van der Waals surface area contributed by atoms with E-state index in [1.807, 2.05) is 25.1 Å². The molecule has 0 aliphatic rings. The first-order chi connectivity index (χ1) is 8.61. The van der Waals surface area contributed by atoms with Crippen molar-refractivity contribution in [3.8, 4) is 0 Å². The maximum Gasteiger partial charge on any atom is 0.226 e. The third-order valence-corrected chi connectivity index (χ3v) is 3.18. The average molecular weight is 245 g/mol. The molecule has 0 unspecified atom stereocenters. The number of rotatable bonds is 3. The lowest BCUT2D eigenvalue weighted by molar-refractivity contribution is -0.128. The van der Waals surface area contributed by atoms with Gasteiger partial charge >= 0.3 is 0 Å². The molecular weight excluding hydrogens is 229 g/mol. The molecule has 3 heteroatoms. The normalized spacial score (nSPS) is 10.6. The Bertz CT molecular complexity index is 580. The minimum Gasteiger partial charge on any atom is -0.346 e. The number of likely N-dealkylation sites (N-methyl/N-ethyl adjacent to an activating group) is 1. The summed E-state index contributed by atoms with van der Waals surface area (Å²) in [6.45, 7) is 2.61. The molecule has 1 amide bonds. The van der Waals surface area contributed by atoms with Crippen molar-refractivity contribution in [2.45, 2.75) is 13.3 Å². The average Bonchev–Trinajstić information content (AvgIpc) is 2.38. The van der Waals surface area contributed by atoms with Gasteiger partial charge in [-0.2, -0.15) is 0 Å². The van der Waals surface area contributed by atoms with E-state index in [2.05, 4.69) is 0 Å². The molecule has 2 rings (SSSR count). The fraction of sp³-hybridized carbons (Fsp3) is 0.267. The standard InChI is InChI=1S/C15H16FNO/c1-3-17(2)15(18)9-12-6-4-5-11-7-8-13(16)10-14(11)12/h4-8,10H,3,9H2,1-2H3. The number of hydrogen-bond acceptors (Lipinski definition) is 1. The van der Waals surface area contributed by atoms with Gasteiger partial charge in [0.15, 0.2) is 0 Å². The second-order valence-electron chi connectivity index (χ2n) is 4.37. The molecule has 0 radical (unpaired) electrons. The molecule has 0 saturated heterocycles. The van der Waals surface area contributed by atoms with Crippen LogP contribution in [-0.4, -0.2) is 24.4 Å². The number of benzene rings is 2. The molecule has 0 aromatic heterocycles. The van der Waals surface area contributed by atoms with Gasteiger partial charge in [-0.3, -0.25) is 4.79 Å². The van der Waals surface area contributed by atoms with Gasteiger partial charge in [0.1, 0.15) is 5.82 Å². The van der Waals surface area contributed by atoms with E-state index < -0.39 is 0 Å². The maximum atomic E-state index is 13.3. The molecule has 18 heavy (non-hydrogen) atoms. The molecule has 2 aromatic carbocycles. The van der Waals surface area contributed by atoms with Crippen molar-refractivity contribution in [2.24, 2.45) is 0 Å². The third kappa shape index (κ3) is 2.50. The van der Waals surface area contributed by atoms with Crippen molar-refractivity contribution in [3.63, 3.8) is 0 Å². The van der Waals surface area contributed by atoms with Crippen LogP contribution in [0.5, 0.6) is 0 Å². The van der Waals surface area contributed by atoms with E-state index in [4.69, 9.17) is 0 Å². The van der Waals surface area contributed by atoms with Crippen molar-refractivity contribution < 1.29 is 9.18 Å². The summed E-state index contributed by atoms with van der Waals surface area (Å²) in [5, 5.41) is 1.77. The number of nitrogens with zero attached hydrogens (tertiary/aromatic N) is 1. The summed E-state index contributed by atoms with van der Waals surface area (Å²) >= 11 is 0. The lowest BCUT2D eigenvalue weighted by Crippen LogP contribution is -2.27. The zero-order valence-corrected chi connectivity index (χ0v) is 10.6. The van der Waals surface area contributed by atoms with E-state index in [-0.39, 0.29) is 11.7 Å². The van der Waals surface area contributed by atoms with E-state index in [1.54, 1.807) is 18.0 Å². The Morgan fingerprint density at radius 2 is 2.06 bits per heavy atom. The Morgan fingerprint density at radius 3 is 2.78 bits per heavy atom. The summed E-state index contributed by atoms with van der Waals surface area (Å²) in [6, 6.07) is 10.4. The van der Waals surface area contributed by atoms with Crippen LogP contribution in [0.1, 0.15) is 12.5 Å². The van der Waals surface area contributed by atoms with Gasteiger partial charge in [-0.25, -0.2) is 4.39 Å². The highest BCUT2D eigenvalue weighted by Gasteiger charge is 2.10. The highest BCUT2D eigenvalue weighted by Crippen LogP contribution is 2.20. The Labute approximate surface area is 106 Å². The first-order valence-corrected chi connectivity index (χ1v) is 6.03. The highest BCUT2D eigenvalue weighted by molar-refractivity contribution is 5.90. The first-order valence-electron chi connectivity index (χ1n) is 6.03. The Morgan fingerprint density at radius 1 is 1.28 bits per heavy atom. The molecule has 0 saturated carbocycles. The Hall–Kier alpha value is -1.90. The molecule has 0 bridgehead atoms. The van der Waals surface area contributed by atoms with Gasteiger partial charge in [-0.15, -0.1) is 0 Å². The first kappa shape index (κ1) is 12.6. The predicted octanol–water partition coefficient (Wildman–Crippen LogP) is 3.00. The van der Waals surface area contributed by atoms with E-state index in [0.29, 0.717) is 13.0 Å². The zero-order chi connectivity index (χ0) is 13.1. The Kier molecular flexibility index (Phi) is 3.60. The molecule has 2 aromatic rings. The number of fused-ring (bicyclic) bond motifs is 1. The number of halogens is 1. The second kappa shape index (κ2) is 5.17. The van der Waals surface area contributed by atoms with Gasteiger partial charge in [0.2, 0.25) is 5.91 Å². The van der Waals surface area contributed by atoms with Crippen molar-refractivity contribution in [1.29, 1.82) is 0 Å². The molecule has 94 valence electrons. The van der Waals surface area contributed by atoms with Crippen molar-refractivity contribution in [2.75, 3.05) is 13.6 Å². The van der Waals surface area contributed by atoms with Crippen LogP contribution < -0.4 is 0 Å². The summed E-state index contributed by atoms with van der Waals surface area (Å²) in [5.74, 6) is -0.222. The van der Waals surface area contributed by atoms with Crippen LogP contribution in [0.15, 0.2) is 36.4 Å². The van der Waals surface area contributed by atoms with Gasteiger partial charge < -0.3 is 4.90 Å². The monoisotopic (exact) mass is 245 g/mol. The molecule has 0 fully saturated rings. The topological polar surface area (TPSA) is 20.3 Å². The minimum absolute atomic E-state index is 0.0502. The summed E-state index contributed by atoms with van der Waals surface area (Å²) in [6.07, 6.45) is 0.311. The van der Waals surface area contributed by atoms with Crippen LogP contribution in [0.2, 0.25) is 0 Å². The molecule has 0 atom stereocenters. The van der Waals surface area contributed by atoms with Crippen molar-refractivity contribution in [1.82, 2.24) is 4.90 Å². The predicted molar refractivity (Wildman–Crippen MR) is 70.9 cm³/mol. The number of amides is 1. The van der Waals surface area contributed by atoms with E-state index in [9.17, 15) is 9.18 Å². The minimum atomic E-state index is -0.272. The van der Waals surface area contributed by atoms with Gasteiger partial charge in [0, 0.05) is 13.6 Å². The fourth-order valence-electron chi connectivity index (χ4n) is 1.94. The van der Waals surface area contributed by atoms with Crippen LogP contribution in [-0.2, 0) is 11.2 Å². The lowest BCUT2D eigenvalue weighted by atomic mass is 10.0. The van der Waals surface area contributed by atoms with Gasteiger partial charge in [-0.1, -0.05) is 24.3 Å². The van der Waals surface area contributed by atoms with E-state index in [0.717, 1.165) is 16.3 Å². The van der Waals surface area contributed by atoms with Crippen LogP contribution in [0.3, 0.4) is 0 Å². The smallest absolute Gasteiger partial charge is 0.226 e. The van der Waals surface area contributed by atoms with Gasteiger partial charge in [0.05, 0.1) is 6.42 Å². The molecule has 2 nitrogen and oxygen atoms in total. The number of carbonyl (C=O) groups is 1. The Balaban J connectivity index is 2.39. The molecule has 0 spiro atoms. The van der Waals surface area contributed by atoms with Crippen LogP contribution in [0.25, 0.3) is 10.8 Å². The second-order valence-corrected chi connectivity index (χ2v) is 4.37. The molecular formula is C15H16FNO. The van der Waals surface area contributed by atoms with E-state index >= 15 is 0 Å². The van der Waals surface area contributed by atoms with Gasteiger partial charge in [-0.05, 0) is 35.4 Å². The van der Waals surface area contributed by atoms with Crippen LogP contribution in [0.4, 0.5) is 4.39 Å². The number of hydrogen-bond donors (Lipinski definition) is 0. The summed E-state index contributed by atoms with van der Waals surface area (Å²) in [4.78, 5) is 13.6. The van der Waals surface area contributed by atoms with Crippen LogP contribution >= 0.6 is 0 Å². The maximum absolute atomic E-state index is 13.3. The molecule has 0 aliphatic carbocycles. The van der Waals surface area contributed by atoms with Crippen molar-refractivity contribution in [3.05, 3.63) is 47.8 Å². The van der Waals surface area contributed by atoms with Gasteiger partial charge in [0.25, 0.3) is 0 Å². The quantitative estimate of drug-likeness (QED) is 0.814. The summed E-state index contributed by atoms with van der Waals surface area (Å²) in [5.41, 5.74) is 0.873. The molecule has 0 heterocycles. The lowest BCUT2D eigenvalue weighted by Gasteiger charge is -2.15. The van der Waals surface area contributed by atoms with E-state index in [1.165, 1.54) is 12.1 Å². The molecule has 0 N–H and O–H groups in total. The largest absolute Gasteiger partial charge is 0.346 e. The van der Waals surface area contributed by atoms with Crippen molar-refractivity contribution >= 4 is 16.7 Å². The SMILES string of the molecule is CCN(C)C(=O)Cc1cccc2ccc(F)cc12. The van der Waals surface area contributed by atoms with Crippen LogP contribution in [0, 0.1) is 5.82 Å². The highest BCUT2D eigenvalue weighted by atomic mass is 19.1. The summed E-state index contributed by atoms with van der Waals surface area (Å²) in [7, 11) is 1.77. The fourth-order valence-corrected chi connectivity index (χ4v) is 1.94. The zero-order valence-electron chi connectivity index (χ0n) is 10.6. The molecule has 0 aliphatic heterocycles.